The largest absolute Gasteiger partial charge is 0.455 e. The Kier molecular flexibility index (Phi) is 6.76. The molecular weight excluding hydrogens is 319 g/mol. The van der Waals surface area contributed by atoms with Crippen LogP contribution in [0.5, 0.6) is 0 Å². The second kappa shape index (κ2) is 8.81. The molecule has 25 heavy (non-hydrogen) atoms. The van der Waals surface area contributed by atoms with Gasteiger partial charge >= 0.3 is 0 Å². The number of nitrogens with one attached hydrogen (secondary N) is 1. The molecule has 1 atom stereocenters. The van der Waals surface area contributed by atoms with Crippen molar-refractivity contribution >= 4 is 5.91 Å². The van der Waals surface area contributed by atoms with E-state index in [1.54, 1.807) is 18.2 Å². The van der Waals surface area contributed by atoms with Crippen molar-refractivity contribution in [2.24, 2.45) is 0 Å². The highest BCUT2D eigenvalue weighted by atomic mass is 19.1. The van der Waals surface area contributed by atoms with Gasteiger partial charge in [0.15, 0.2) is 5.76 Å². The Labute approximate surface area is 149 Å². The van der Waals surface area contributed by atoms with E-state index in [2.05, 4.69) is 24.1 Å². The Morgan fingerprint density at radius 3 is 2.60 bits per heavy atom. The van der Waals surface area contributed by atoms with Gasteiger partial charge in [-0.25, -0.2) is 4.39 Å². The first kappa shape index (κ1) is 19.2. The van der Waals surface area contributed by atoms with Crippen LogP contribution in [0, 0.1) is 5.82 Å². The van der Waals surface area contributed by atoms with Gasteiger partial charge in [0, 0.05) is 18.6 Å². The van der Waals surface area contributed by atoms with Gasteiger partial charge in [0.1, 0.15) is 11.6 Å². The zero-order chi connectivity index (χ0) is 18.4. The van der Waals surface area contributed by atoms with Crippen molar-refractivity contribution in [2.75, 3.05) is 0 Å². The second-order valence-electron chi connectivity index (χ2n) is 6.68. The molecule has 1 N–H and O–H groups in total. The molecule has 0 aliphatic carbocycles. The van der Waals surface area contributed by atoms with Crippen LogP contribution in [-0.4, -0.2) is 22.9 Å². The fourth-order valence-corrected chi connectivity index (χ4v) is 2.47. The molecule has 1 amide bonds. The Bertz CT molecular complexity index is 697. The lowest BCUT2D eigenvalue weighted by Gasteiger charge is -2.25. The van der Waals surface area contributed by atoms with Gasteiger partial charge in [0.25, 0.3) is 5.91 Å². The zero-order valence-corrected chi connectivity index (χ0v) is 15.4. The summed E-state index contributed by atoms with van der Waals surface area (Å²) in [5.41, 5.74) is 0.912. The Morgan fingerprint density at radius 2 is 1.96 bits per heavy atom. The summed E-state index contributed by atoms with van der Waals surface area (Å²) in [6, 6.07) is 10.5. The van der Waals surface area contributed by atoms with Crippen LogP contribution in [0.4, 0.5) is 4.39 Å². The van der Waals surface area contributed by atoms with Crippen LogP contribution in [0.25, 0.3) is 0 Å². The molecule has 0 aliphatic heterocycles. The first-order valence-electron chi connectivity index (χ1n) is 8.77. The number of carbonyl (C=O) groups excluding carboxylic acids is 1. The Hall–Kier alpha value is -2.14. The van der Waals surface area contributed by atoms with Crippen molar-refractivity contribution in [3.8, 4) is 0 Å². The monoisotopic (exact) mass is 346 g/mol. The third kappa shape index (κ3) is 5.71. The topological polar surface area (TPSA) is 45.5 Å². The lowest BCUT2D eigenvalue weighted by Crippen LogP contribution is -2.31. The maximum Gasteiger partial charge on any atom is 0.287 e. The molecule has 1 aromatic heterocycles. The van der Waals surface area contributed by atoms with Gasteiger partial charge < -0.3 is 9.73 Å². The van der Waals surface area contributed by atoms with Crippen molar-refractivity contribution in [3.63, 3.8) is 0 Å². The fourth-order valence-electron chi connectivity index (χ4n) is 2.47. The van der Waals surface area contributed by atoms with Crippen LogP contribution in [0.15, 0.2) is 40.8 Å². The van der Waals surface area contributed by atoms with Crippen molar-refractivity contribution in [1.82, 2.24) is 10.2 Å². The van der Waals surface area contributed by atoms with Crippen molar-refractivity contribution in [2.45, 2.75) is 59.3 Å². The fraction of sp³-hybridized carbons (Fsp3) is 0.450. The van der Waals surface area contributed by atoms with Crippen LogP contribution in [0.3, 0.4) is 0 Å². The van der Waals surface area contributed by atoms with Gasteiger partial charge in [-0.2, -0.15) is 0 Å². The maximum atomic E-state index is 13.4. The summed E-state index contributed by atoms with van der Waals surface area (Å²) < 4.78 is 19.1. The normalized spacial score (nSPS) is 12.6. The molecule has 0 aliphatic rings. The predicted molar refractivity (Wildman–Crippen MR) is 96.7 cm³/mol. The van der Waals surface area contributed by atoms with Gasteiger partial charge in [0.2, 0.25) is 0 Å². The van der Waals surface area contributed by atoms with Crippen LogP contribution in [-0.2, 0) is 13.1 Å². The van der Waals surface area contributed by atoms with E-state index < -0.39 is 0 Å². The SMILES string of the molecule is CCC(C)NC(=O)c1ccc(CN(Cc2cccc(F)c2)C(C)C)o1. The maximum absolute atomic E-state index is 13.4. The number of rotatable bonds is 8. The molecule has 2 rings (SSSR count). The van der Waals surface area contributed by atoms with Crippen molar-refractivity contribution in [3.05, 3.63) is 59.3 Å². The summed E-state index contributed by atoms with van der Waals surface area (Å²) in [7, 11) is 0. The number of halogens is 1. The minimum Gasteiger partial charge on any atom is -0.455 e. The lowest BCUT2D eigenvalue weighted by molar-refractivity contribution is 0.0906. The average Bonchev–Trinajstić information content (AvgIpc) is 3.02. The van der Waals surface area contributed by atoms with Crippen molar-refractivity contribution in [1.29, 1.82) is 0 Å². The molecule has 0 saturated heterocycles. The molecule has 1 heterocycles. The van der Waals surface area contributed by atoms with E-state index >= 15 is 0 Å². The molecular formula is C20H27FN2O2. The van der Waals surface area contributed by atoms with Crippen LogP contribution < -0.4 is 5.32 Å². The number of amides is 1. The second-order valence-corrected chi connectivity index (χ2v) is 6.68. The summed E-state index contributed by atoms with van der Waals surface area (Å²) in [5.74, 6) is 0.620. The summed E-state index contributed by atoms with van der Waals surface area (Å²) in [6.07, 6.45) is 0.869. The highest BCUT2D eigenvalue weighted by molar-refractivity contribution is 5.91. The predicted octanol–water partition coefficient (Wildman–Crippen LogP) is 4.36. The zero-order valence-electron chi connectivity index (χ0n) is 15.4. The Balaban J connectivity index is 2.04. The van der Waals surface area contributed by atoms with Gasteiger partial charge in [0.05, 0.1) is 6.54 Å². The van der Waals surface area contributed by atoms with Gasteiger partial charge in [-0.15, -0.1) is 0 Å². The number of furan rings is 1. The summed E-state index contributed by atoms with van der Waals surface area (Å²) in [4.78, 5) is 14.3. The summed E-state index contributed by atoms with van der Waals surface area (Å²) in [5, 5.41) is 2.89. The quantitative estimate of drug-likeness (QED) is 0.772. The molecule has 0 fully saturated rings. The van der Waals surface area contributed by atoms with Crippen molar-refractivity contribution < 1.29 is 13.6 Å². The molecule has 0 radical (unpaired) electrons. The van der Waals surface area contributed by atoms with Gasteiger partial charge in [-0.3, -0.25) is 9.69 Å². The third-order valence-electron chi connectivity index (χ3n) is 4.24. The van der Waals surface area contributed by atoms with E-state index in [4.69, 9.17) is 4.42 Å². The van der Waals surface area contributed by atoms with Crippen LogP contribution in [0.1, 0.15) is 56.0 Å². The van der Waals surface area contributed by atoms with E-state index in [9.17, 15) is 9.18 Å². The van der Waals surface area contributed by atoms with E-state index in [1.807, 2.05) is 26.0 Å². The van der Waals surface area contributed by atoms with E-state index in [0.29, 0.717) is 18.8 Å². The summed E-state index contributed by atoms with van der Waals surface area (Å²) >= 11 is 0. The molecule has 0 bridgehead atoms. The minimum atomic E-state index is -0.233. The molecule has 5 heteroatoms. The average molecular weight is 346 g/mol. The van der Waals surface area contributed by atoms with Crippen LogP contribution in [0.2, 0.25) is 0 Å². The molecule has 2 aromatic rings. The molecule has 0 saturated carbocycles. The standard InChI is InChI=1S/C20H27FN2O2/c1-5-15(4)22-20(24)19-10-9-18(25-19)13-23(14(2)3)12-16-7-6-8-17(21)11-16/h6-11,14-15H,5,12-13H2,1-4H3,(H,22,24). The third-order valence-corrected chi connectivity index (χ3v) is 4.24. The first-order chi connectivity index (χ1) is 11.9. The molecule has 136 valence electrons. The number of hydrogen-bond acceptors (Lipinski definition) is 3. The lowest BCUT2D eigenvalue weighted by atomic mass is 10.2. The van der Waals surface area contributed by atoms with Gasteiger partial charge in [-0.05, 0) is 57.0 Å². The van der Waals surface area contributed by atoms with Gasteiger partial charge in [-0.1, -0.05) is 19.1 Å². The Morgan fingerprint density at radius 1 is 1.20 bits per heavy atom. The number of nitrogens with zero attached hydrogens (tertiary/aromatic N) is 1. The van der Waals surface area contributed by atoms with E-state index in [1.165, 1.54) is 6.07 Å². The molecule has 4 nitrogen and oxygen atoms in total. The number of benzene rings is 1. The minimum absolute atomic E-state index is 0.112. The van der Waals surface area contributed by atoms with Crippen LogP contribution >= 0.6 is 0 Å². The summed E-state index contributed by atoms with van der Waals surface area (Å²) in [6.45, 7) is 9.32. The number of carbonyl (C=O) groups is 1. The van der Waals surface area contributed by atoms with E-state index in [0.717, 1.165) is 17.7 Å². The highest BCUT2D eigenvalue weighted by Gasteiger charge is 2.17. The molecule has 1 unspecified atom stereocenters. The molecule has 0 spiro atoms. The smallest absolute Gasteiger partial charge is 0.287 e. The molecule has 1 aromatic carbocycles. The number of hydrogen-bond donors (Lipinski definition) is 1. The first-order valence-corrected chi connectivity index (χ1v) is 8.77. The van der Waals surface area contributed by atoms with E-state index in [-0.39, 0.29) is 23.8 Å². The highest BCUT2D eigenvalue weighted by Crippen LogP contribution is 2.16.